The van der Waals surface area contributed by atoms with Gasteiger partial charge in [-0.15, -0.1) is 0 Å². The Kier molecular flexibility index (Phi) is 3.86. The molecule has 0 saturated heterocycles. The number of pyridine rings is 1. The van der Waals surface area contributed by atoms with Gasteiger partial charge in [-0.1, -0.05) is 18.2 Å². The van der Waals surface area contributed by atoms with E-state index >= 15 is 0 Å². The molecule has 1 heterocycles. The molecule has 0 aliphatic heterocycles. The van der Waals surface area contributed by atoms with E-state index < -0.39 is 0 Å². The molecule has 1 aromatic carbocycles. The fourth-order valence-corrected chi connectivity index (χ4v) is 1.49. The summed E-state index contributed by atoms with van der Waals surface area (Å²) >= 11 is 0. The van der Waals surface area contributed by atoms with Gasteiger partial charge in [0, 0.05) is 30.4 Å². The van der Waals surface area contributed by atoms with Crippen molar-refractivity contribution in [2.24, 2.45) is 0 Å². The third-order valence-electron chi connectivity index (χ3n) is 2.36. The molecule has 0 bridgehead atoms. The van der Waals surface area contributed by atoms with Crippen molar-refractivity contribution in [3.05, 3.63) is 66.0 Å². The second-order valence-electron chi connectivity index (χ2n) is 3.62. The molecule has 0 saturated carbocycles. The van der Waals surface area contributed by atoms with Crippen LogP contribution in [0.25, 0.3) is 0 Å². The quantitative estimate of drug-likeness (QED) is 0.862. The average molecular weight is 225 g/mol. The van der Waals surface area contributed by atoms with Crippen LogP contribution in [0, 0.1) is 6.07 Å². The van der Waals surface area contributed by atoms with Crippen LogP contribution in [0.15, 0.2) is 48.7 Å². The lowest BCUT2D eigenvalue weighted by Crippen LogP contribution is -2.25. The van der Waals surface area contributed by atoms with Crippen molar-refractivity contribution in [3.63, 3.8) is 0 Å². The minimum atomic E-state index is -0.0715. The highest BCUT2D eigenvalue weighted by Gasteiger charge is 2.03. The molecule has 3 nitrogen and oxygen atoms in total. The Morgan fingerprint density at radius 1 is 1.29 bits per heavy atom. The molecular weight excluding hydrogens is 212 g/mol. The summed E-state index contributed by atoms with van der Waals surface area (Å²) in [4.78, 5) is 15.9. The minimum absolute atomic E-state index is 0.0715. The number of benzene rings is 1. The number of amides is 1. The zero-order valence-corrected chi connectivity index (χ0v) is 9.39. The number of nitrogens with zero attached hydrogens (tertiary/aromatic N) is 1. The molecule has 17 heavy (non-hydrogen) atoms. The Labute approximate surface area is 101 Å². The Balaban J connectivity index is 1.82. The van der Waals surface area contributed by atoms with Crippen molar-refractivity contribution in [3.8, 4) is 0 Å². The summed E-state index contributed by atoms with van der Waals surface area (Å²) in [6.07, 6.45) is 2.49. The van der Waals surface area contributed by atoms with Crippen molar-refractivity contribution in [1.29, 1.82) is 0 Å². The van der Waals surface area contributed by atoms with Crippen LogP contribution < -0.4 is 5.32 Å². The van der Waals surface area contributed by atoms with Crippen LogP contribution in [0.4, 0.5) is 0 Å². The zero-order chi connectivity index (χ0) is 11.9. The first-order chi connectivity index (χ1) is 8.36. The highest BCUT2D eigenvalue weighted by Crippen LogP contribution is 1.98. The van der Waals surface area contributed by atoms with Gasteiger partial charge < -0.3 is 5.32 Å². The van der Waals surface area contributed by atoms with Crippen LogP contribution in [0.5, 0.6) is 0 Å². The lowest BCUT2D eigenvalue weighted by Gasteiger charge is -2.04. The van der Waals surface area contributed by atoms with Gasteiger partial charge >= 0.3 is 0 Å². The predicted octanol–water partition coefficient (Wildman–Crippen LogP) is 1.85. The molecule has 0 spiro atoms. The van der Waals surface area contributed by atoms with E-state index in [1.165, 1.54) is 0 Å². The maximum Gasteiger partial charge on any atom is 0.251 e. The fourth-order valence-electron chi connectivity index (χ4n) is 1.49. The first-order valence-electron chi connectivity index (χ1n) is 5.50. The summed E-state index contributed by atoms with van der Waals surface area (Å²) in [5, 5.41) is 2.85. The first kappa shape index (κ1) is 11.3. The number of carbonyl (C=O) groups excluding carboxylic acids is 1. The van der Waals surface area contributed by atoms with E-state index in [0.717, 1.165) is 12.1 Å². The third kappa shape index (κ3) is 3.41. The highest BCUT2D eigenvalue weighted by molar-refractivity contribution is 5.94. The van der Waals surface area contributed by atoms with Crippen molar-refractivity contribution in [2.45, 2.75) is 6.42 Å². The van der Waals surface area contributed by atoms with E-state index in [2.05, 4.69) is 16.4 Å². The van der Waals surface area contributed by atoms with Crippen LogP contribution in [0.2, 0.25) is 0 Å². The van der Waals surface area contributed by atoms with Gasteiger partial charge in [-0.3, -0.25) is 9.78 Å². The van der Waals surface area contributed by atoms with Gasteiger partial charge in [-0.25, -0.2) is 0 Å². The van der Waals surface area contributed by atoms with E-state index in [9.17, 15) is 4.79 Å². The molecular formula is C14H13N2O. The normalized spacial score (nSPS) is 9.88. The van der Waals surface area contributed by atoms with E-state index in [1.54, 1.807) is 30.5 Å². The van der Waals surface area contributed by atoms with Gasteiger partial charge in [-0.05, 0) is 30.3 Å². The molecule has 2 aromatic rings. The van der Waals surface area contributed by atoms with Gasteiger partial charge in [0.1, 0.15) is 0 Å². The molecule has 0 atom stereocenters. The Morgan fingerprint density at radius 3 is 2.94 bits per heavy atom. The molecule has 1 radical (unpaired) electrons. The molecule has 0 unspecified atom stereocenters. The van der Waals surface area contributed by atoms with Crippen LogP contribution >= 0.6 is 0 Å². The lowest BCUT2D eigenvalue weighted by atomic mass is 10.2. The van der Waals surface area contributed by atoms with E-state index in [1.807, 2.05) is 18.2 Å². The maximum absolute atomic E-state index is 11.7. The molecule has 0 fully saturated rings. The molecule has 1 N–H and O–H groups in total. The SMILES string of the molecule is O=C(NCCc1ccccn1)c1c[c]ccc1. The fraction of sp³-hybridized carbons (Fsp3) is 0.143. The van der Waals surface area contributed by atoms with Crippen LogP contribution in [-0.2, 0) is 6.42 Å². The van der Waals surface area contributed by atoms with Crippen molar-refractivity contribution >= 4 is 5.91 Å². The summed E-state index contributed by atoms with van der Waals surface area (Å²) in [6.45, 7) is 0.588. The topological polar surface area (TPSA) is 42.0 Å². The second-order valence-corrected chi connectivity index (χ2v) is 3.62. The number of hydrogen-bond donors (Lipinski definition) is 1. The van der Waals surface area contributed by atoms with Gasteiger partial charge in [-0.2, -0.15) is 0 Å². The summed E-state index contributed by atoms with van der Waals surface area (Å²) in [5.41, 5.74) is 1.61. The molecule has 1 amide bonds. The lowest BCUT2D eigenvalue weighted by molar-refractivity contribution is 0.0954. The van der Waals surface area contributed by atoms with Crippen LogP contribution in [0.3, 0.4) is 0 Å². The number of hydrogen-bond acceptors (Lipinski definition) is 2. The van der Waals surface area contributed by atoms with Crippen LogP contribution in [0.1, 0.15) is 16.1 Å². The Bertz CT molecular complexity index is 468. The van der Waals surface area contributed by atoms with Crippen molar-refractivity contribution in [1.82, 2.24) is 10.3 Å². The number of rotatable bonds is 4. The summed E-state index contributed by atoms with van der Waals surface area (Å²) in [5.74, 6) is -0.0715. The second kappa shape index (κ2) is 5.80. The van der Waals surface area contributed by atoms with Gasteiger partial charge in [0.25, 0.3) is 5.91 Å². The third-order valence-corrected chi connectivity index (χ3v) is 2.36. The summed E-state index contributed by atoms with van der Waals surface area (Å²) in [6, 6.07) is 15.7. The average Bonchev–Trinajstić information content (AvgIpc) is 2.41. The zero-order valence-electron chi connectivity index (χ0n) is 9.39. The highest BCUT2D eigenvalue weighted by atomic mass is 16.1. The Morgan fingerprint density at radius 2 is 2.24 bits per heavy atom. The monoisotopic (exact) mass is 225 g/mol. The molecule has 0 aliphatic rings. The van der Waals surface area contributed by atoms with E-state index in [4.69, 9.17) is 0 Å². The van der Waals surface area contributed by atoms with Crippen molar-refractivity contribution in [2.75, 3.05) is 6.54 Å². The van der Waals surface area contributed by atoms with Crippen molar-refractivity contribution < 1.29 is 4.79 Å². The maximum atomic E-state index is 11.7. The first-order valence-corrected chi connectivity index (χ1v) is 5.50. The number of aromatic nitrogens is 1. The largest absolute Gasteiger partial charge is 0.352 e. The molecule has 2 rings (SSSR count). The van der Waals surface area contributed by atoms with Gasteiger partial charge in [0.15, 0.2) is 0 Å². The summed E-state index contributed by atoms with van der Waals surface area (Å²) in [7, 11) is 0. The smallest absolute Gasteiger partial charge is 0.251 e. The summed E-state index contributed by atoms with van der Waals surface area (Å²) < 4.78 is 0. The van der Waals surface area contributed by atoms with E-state index in [0.29, 0.717) is 12.1 Å². The standard InChI is InChI=1S/C14H13N2O/c17-14(12-6-2-1-3-7-12)16-11-9-13-8-4-5-10-15-13/h1-2,4-8,10H,9,11H2,(H,16,17). The minimum Gasteiger partial charge on any atom is -0.352 e. The van der Waals surface area contributed by atoms with Gasteiger partial charge in [0.2, 0.25) is 0 Å². The van der Waals surface area contributed by atoms with E-state index in [-0.39, 0.29) is 5.91 Å². The number of nitrogens with one attached hydrogen (secondary N) is 1. The molecule has 0 aliphatic carbocycles. The molecule has 3 heteroatoms. The van der Waals surface area contributed by atoms with Gasteiger partial charge in [0.05, 0.1) is 0 Å². The molecule has 1 aromatic heterocycles. The van der Waals surface area contributed by atoms with Crippen LogP contribution in [-0.4, -0.2) is 17.4 Å². The Hall–Kier alpha value is -2.16. The predicted molar refractivity (Wildman–Crippen MR) is 65.6 cm³/mol. The molecule has 85 valence electrons. The number of carbonyl (C=O) groups is 1.